The molecule has 3 heterocycles. The molecule has 9 heteroatoms. The highest BCUT2D eigenvalue weighted by molar-refractivity contribution is 9.11. The molecule has 0 spiro atoms. The summed E-state index contributed by atoms with van der Waals surface area (Å²) < 4.78 is 1.07. The van der Waals surface area contributed by atoms with E-state index in [0.717, 1.165) is 42.2 Å². The minimum absolute atomic E-state index is 0.279. The molecule has 0 fully saturated rings. The van der Waals surface area contributed by atoms with E-state index in [9.17, 15) is 15.2 Å². The Hall–Kier alpha value is -2.80. The molecule has 3 aromatic heterocycles. The molecule has 6 nitrogen and oxygen atoms in total. The van der Waals surface area contributed by atoms with Crippen molar-refractivity contribution in [3.05, 3.63) is 50.6 Å². The van der Waals surface area contributed by atoms with Gasteiger partial charge < -0.3 is 5.11 Å². The Balaban J connectivity index is 1.65. The van der Waals surface area contributed by atoms with Gasteiger partial charge in [0.25, 0.3) is 0 Å². The van der Waals surface area contributed by atoms with Crippen LogP contribution in [0.15, 0.2) is 45.8 Å². The predicted octanol–water partition coefficient (Wildman–Crippen LogP) is 11.0. The Bertz CT molecular complexity index is 1560. The Morgan fingerprint density at radius 3 is 2.00 bits per heavy atom. The average Bonchev–Trinajstić information content (AvgIpc) is 3.75. The first-order chi connectivity index (χ1) is 20.9. The molecule has 0 aliphatic rings. The van der Waals surface area contributed by atoms with Gasteiger partial charge in [-0.1, -0.05) is 90.2 Å². The van der Waals surface area contributed by atoms with E-state index in [4.69, 9.17) is 10.2 Å². The Labute approximate surface area is 271 Å². The van der Waals surface area contributed by atoms with Gasteiger partial charge in [-0.25, -0.2) is 4.79 Å². The number of carboxylic acids is 1. The lowest BCUT2D eigenvalue weighted by molar-refractivity contribution is -0.132. The van der Waals surface area contributed by atoms with E-state index in [1.54, 1.807) is 17.4 Å². The summed E-state index contributed by atoms with van der Waals surface area (Å²) in [5.74, 6) is -0.675. The monoisotopic (exact) mass is 680 g/mol. The number of benzene rings is 1. The molecule has 0 bridgehead atoms. The predicted molar refractivity (Wildman–Crippen MR) is 183 cm³/mol. The summed E-state index contributed by atoms with van der Waals surface area (Å²) >= 11 is 6.74. The normalized spacial score (nSPS) is 12.6. The van der Waals surface area contributed by atoms with Crippen molar-refractivity contribution in [3.63, 3.8) is 0 Å². The number of hydrogen-bond donors (Lipinski definition) is 1. The fourth-order valence-electron chi connectivity index (χ4n) is 5.46. The molecule has 228 valence electrons. The van der Waals surface area contributed by atoms with Gasteiger partial charge in [-0.3, -0.25) is 0 Å². The zero-order valence-electron chi connectivity index (χ0n) is 25.1. The zero-order chi connectivity index (χ0) is 30.6. The number of nitriles is 1. The lowest BCUT2D eigenvalue weighted by Gasteiger charge is -2.16. The fourth-order valence-corrected chi connectivity index (χ4v) is 7.85. The largest absolute Gasteiger partial charge is 0.477 e. The van der Waals surface area contributed by atoms with Crippen molar-refractivity contribution in [3.8, 4) is 27.0 Å². The van der Waals surface area contributed by atoms with Crippen molar-refractivity contribution in [2.45, 2.75) is 97.4 Å². The van der Waals surface area contributed by atoms with Crippen LogP contribution in [0.4, 0.5) is 0 Å². The molecule has 0 saturated carbocycles. The number of fused-ring (bicyclic) bond motifs is 1. The third-order valence-electron chi connectivity index (χ3n) is 7.80. The van der Waals surface area contributed by atoms with Gasteiger partial charge in [0, 0.05) is 25.8 Å². The number of halogens is 1. The first kappa shape index (κ1) is 33.1. The van der Waals surface area contributed by atoms with Crippen LogP contribution in [-0.2, 0) is 11.3 Å². The highest BCUT2D eigenvalue weighted by Gasteiger charge is 2.19. The van der Waals surface area contributed by atoms with Crippen LogP contribution in [0, 0.1) is 17.2 Å². The molecule has 1 atom stereocenters. The van der Waals surface area contributed by atoms with E-state index in [2.05, 4.69) is 54.0 Å². The molecule has 0 aliphatic heterocycles. The van der Waals surface area contributed by atoms with Crippen molar-refractivity contribution >= 4 is 61.7 Å². The second kappa shape index (κ2) is 16.9. The van der Waals surface area contributed by atoms with E-state index in [0.29, 0.717) is 10.8 Å². The van der Waals surface area contributed by atoms with Gasteiger partial charge in [-0.15, -0.1) is 22.7 Å². The third kappa shape index (κ3) is 9.34. The molecule has 1 aromatic carbocycles. The Kier molecular flexibility index (Phi) is 13.0. The molecule has 0 amide bonds. The fraction of sp³-hybridized carbons (Fsp3) is 0.471. The number of carboxylic acid groups (broad SMARTS) is 1. The number of unbranched alkanes of at least 4 members (excludes halogenated alkanes) is 8. The maximum absolute atomic E-state index is 11.4. The second-order valence-corrected chi connectivity index (χ2v) is 14.7. The van der Waals surface area contributed by atoms with Crippen molar-refractivity contribution < 1.29 is 9.90 Å². The lowest BCUT2D eigenvalue weighted by Crippen LogP contribution is -2.13. The van der Waals surface area contributed by atoms with Crippen LogP contribution < -0.4 is 0 Å². The minimum Gasteiger partial charge on any atom is -0.477 e. The summed E-state index contributed by atoms with van der Waals surface area (Å²) in [6.07, 6.45) is 16.7. The standard InChI is InChI=1S/C34H41BrN4O2S2/c1-3-5-7-9-10-12-14-24(13-11-8-6-4-2)23-39-37-32-27(29-18-15-26(42-29)21-25(22-36)34(40)41)16-17-28(33(32)38-39)30-19-20-31(35)43-30/h15-21,24H,3-14,23H2,1-2H3,(H,40,41)/b25-21+. The van der Waals surface area contributed by atoms with E-state index < -0.39 is 5.97 Å². The molecule has 43 heavy (non-hydrogen) atoms. The number of nitrogens with zero attached hydrogens (tertiary/aromatic N) is 4. The Morgan fingerprint density at radius 1 is 0.884 bits per heavy atom. The third-order valence-corrected chi connectivity index (χ3v) is 10.5. The molecule has 4 rings (SSSR count). The highest BCUT2D eigenvalue weighted by Crippen LogP contribution is 2.40. The second-order valence-electron chi connectivity index (χ2n) is 11.2. The van der Waals surface area contributed by atoms with Gasteiger partial charge in [0.05, 0.1) is 10.3 Å². The van der Waals surface area contributed by atoms with Crippen LogP contribution in [0.3, 0.4) is 0 Å². The maximum Gasteiger partial charge on any atom is 0.346 e. The van der Waals surface area contributed by atoms with Crippen LogP contribution >= 0.6 is 38.6 Å². The quantitative estimate of drug-likeness (QED) is 0.0641. The summed E-state index contributed by atoms with van der Waals surface area (Å²) in [6, 6.07) is 14.0. The first-order valence-electron chi connectivity index (χ1n) is 15.5. The van der Waals surface area contributed by atoms with Gasteiger partial charge >= 0.3 is 5.97 Å². The number of aliphatic carboxylic acids is 1. The SMILES string of the molecule is CCCCCCCCC(CCCCCC)Cn1nc2c(-c3ccc(Br)s3)ccc(-c3ccc(/C=C(\C#N)C(=O)O)s3)c2n1. The maximum atomic E-state index is 11.4. The number of hydrogen-bond acceptors (Lipinski definition) is 6. The van der Waals surface area contributed by atoms with Crippen molar-refractivity contribution in [1.82, 2.24) is 15.0 Å². The zero-order valence-corrected chi connectivity index (χ0v) is 28.4. The molecular weight excluding hydrogens is 640 g/mol. The summed E-state index contributed by atoms with van der Waals surface area (Å²) in [7, 11) is 0. The minimum atomic E-state index is -1.22. The van der Waals surface area contributed by atoms with Crippen LogP contribution in [0.2, 0.25) is 0 Å². The number of rotatable bonds is 18. The molecule has 1 unspecified atom stereocenters. The Morgan fingerprint density at radius 2 is 1.44 bits per heavy atom. The van der Waals surface area contributed by atoms with E-state index in [-0.39, 0.29) is 5.57 Å². The number of thiophene rings is 2. The van der Waals surface area contributed by atoms with E-state index in [1.165, 1.54) is 94.5 Å². The molecule has 0 aliphatic carbocycles. The number of aromatic nitrogens is 3. The van der Waals surface area contributed by atoms with Crippen LogP contribution in [0.1, 0.15) is 95.8 Å². The molecule has 0 saturated heterocycles. The molecule has 4 aromatic rings. The summed E-state index contributed by atoms with van der Waals surface area (Å²) in [4.78, 5) is 16.1. The van der Waals surface area contributed by atoms with E-state index in [1.807, 2.05) is 16.9 Å². The van der Waals surface area contributed by atoms with Crippen LogP contribution in [0.5, 0.6) is 0 Å². The van der Waals surface area contributed by atoms with Gasteiger partial charge in [0.2, 0.25) is 0 Å². The summed E-state index contributed by atoms with van der Waals surface area (Å²) in [5, 5.41) is 28.7. The van der Waals surface area contributed by atoms with Crippen molar-refractivity contribution in [2.24, 2.45) is 5.92 Å². The van der Waals surface area contributed by atoms with E-state index >= 15 is 0 Å². The first-order valence-corrected chi connectivity index (χ1v) is 17.9. The number of carbonyl (C=O) groups is 1. The average molecular weight is 682 g/mol. The van der Waals surface area contributed by atoms with Crippen LogP contribution in [0.25, 0.3) is 38.0 Å². The topological polar surface area (TPSA) is 91.8 Å². The van der Waals surface area contributed by atoms with Gasteiger partial charge in [-0.05, 0) is 65.0 Å². The van der Waals surface area contributed by atoms with Crippen molar-refractivity contribution in [2.75, 3.05) is 0 Å². The highest BCUT2D eigenvalue weighted by atomic mass is 79.9. The summed E-state index contributed by atoms with van der Waals surface area (Å²) in [6.45, 7) is 5.33. The summed E-state index contributed by atoms with van der Waals surface area (Å²) in [5.41, 5.74) is 3.48. The smallest absolute Gasteiger partial charge is 0.346 e. The van der Waals surface area contributed by atoms with Gasteiger partial charge in [0.1, 0.15) is 22.7 Å². The molecule has 0 radical (unpaired) electrons. The van der Waals surface area contributed by atoms with Gasteiger partial charge in [0.15, 0.2) is 0 Å². The molecule has 1 N–H and O–H groups in total. The van der Waals surface area contributed by atoms with Crippen molar-refractivity contribution in [1.29, 1.82) is 5.26 Å². The molecular formula is C34H41BrN4O2S2. The van der Waals surface area contributed by atoms with Gasteiger partial charge in [-0.2, -0.15) is 20.3 Å². The van der Waals surface area contributed by atoms with Crippen LogP contribution in [-0.4, -0.2) is 26.1 Å². The lowest BCUT2D eigenvalue weighted by atomic mass is 9.94.